The van der Waals surface area contributed by atoms with Crippen LogP contribution in [0.4, 0.5) is 15.8 Å². The Bertz CT molecular complexity index is 1190. The highest BCUT2D eigenvalue weighted by Crippen LogP contribution is 2.34. The minimum absolute atomic E-state index is 0.00395. The first-order valence-corrected chi connectivity index (χ1v) is 11.0. The Labute approximate surface area is 202 Å². The van der Waals surface area contributed by atoms with Gasteiger partial charge in [-0.15, -0.1) is 0 Å². The molecule has 0 saturated carbocycles. The van der Waals surface area contributed by atoms with Gasteiger partial charge in [0.2, 0.25) is 0 Å². The average molecular weight is 517 g/mol. The Hall–Kier alpha value is -1.88. The van der Waals surface area contributed by atoms with Crippen LogP contribution in [0.15, 0.2) is 35.1 Å². The number of amides is 1. The second kappa shape index (κ2) is 9.17. The van der Waals surface area contributed by atoms with Crippen molar-refractivity contribution in [1.82, 2.24) is 15.0 Å². The van der Waals surface area contributed by atoms with Gasteiger partial charge in [0, 0.05) is 9.87 Å². The molecule has 0 saturated heterocycles. The van der Waals surface area contributed by atoms with Crippen LogP contribution in [0, 0.1) is 5.82 Å². The number of aliphatic hydroxyl groups is 1. The van der Waals surface area contributed by atoms with Gasteiger partial charge in [0.1, 0.15) is 44.7 Å². The number of benzene rings is 2. The van der Waals surface area contributed by atoms with E-state index in [9.17, 15) is 9.90 Å². The number of carbonyl (C=O) groups is 1. The van der Waals surface area contributed by atoms with Crippen LogP contribution >= 0.6 is 27.5 Å². The number of rotatable bonds is 7. The van der Waals surface area contributed by atoms with Crippen LogP contribution in [-0.4, -0.2) is 71.8 Å². The summed E-state index contributed by atoms with van der Waals surface area (Å²) in [4.78, 5) is 22.3. The third-order valence-electron chi connectivity index (χ3n) is 4.53. The predicted molar refractivity (Wildman–Crippen MR) is 141 cm³/mol. The van der Waals surface area contributed by atoms with Gasteiger partial charge in [0.15, 0.2) is 5.82 Å². The molecule has 162 valence electrons. The van der Waals surface area contributed by atoms with Crippen LogP contribution in [0.2, 0.25) is 5.02 Å². The number of halogens is 3. The van der Waals surface area contributed by atoms with Crippen LogP contribution in [0.1, 0.15) is 10.4 Å². The smallest absolute Gasteiger partial charge is 0.277 e. The number of hydrogen-bond donors (Lipinski definition) is 3. The van der Waals surface area contributed by atoms with E-state index in [1.807, 2.05) is 23.5 Å². The molecule has 32 heavy (non-hydrogen) atoms. The molecule has 2 aromatic carbocycles. The van der Waals surface area contributed by atoms with Gasteiger partial charge in [-0.3, -0.25) is 9.63 Å². The lowest BCUT2D eigenvalue weighted by Gasteiger charge is -2.23. The average Bonchev–Trinajstić information content (AvgIpc) is 3.09. The van der Waals surface area contributed by atoms with E-state index in [4.69, 9.17) is 16.4 Å². The summed E-state index contributed by atoms with van der Waals surface area (Å²) in [5.41, 5.74) is 3.16. The van der Waals surface area contributed by atoms with Crippen molar-refractivity contribution >= 4 is 95.1 Å². The molecule has 3 aromatic rings. The minimum Gasteiger partial charge on any atom is -0.405 e. The molecule has 0 spiro atoms. The SMILES string of the molecule is BC(B)(O)CONC(=O)c1cc2c(ncn2C(B)(B)B)c(F)c1Nc1ccc(Br)cc1Cl. The third-order valence-corrected chi connectivity index (χ3v) is 5.34. The number of anilines is 2. The summed E-state index contributed by atoms with van der Waals surface area (Å²) in [6.45, 7) is -0.148. The van der Waals surface area contributed by atoms with Crippen LogP contribution in [-0.2, 0) is 10.1 Å². The van der Waals surface area contributed by atoms with E-state index in [-0.39, 0.29) is 23.4 Å². The lowest BCUT2D eigenvalue weighted by Crippen LogP contribution is -2.39. The first kappa shape index (κ1) is 24.8. The second-order valence-corrected chi connectivity index (χ2v) is 10.4. The second-order valence-electron chi connectivity index (χ2n) is 9.05. The van der Waals surface area contributed by atoms with E-state index in [2.05, 4.69) is 31.7 Å². The lowest BCUT2D eigenvalue weighted by molar-refractivity contribution is -0.00287. The highest BCUT2D eigenvalue weighted by molar-refractivity contribution is 9.10. The van der Waals surface area contributed by atoms with E-state index in [1.165, 1.54) is 22.0 Å². The number of fused-ring (bicyclic) bond motifs is 1. The van der Waals surface area contributed by atoms with E-state index in [0.29, 0.717) is 16.2 Å². The topological polar surface area (TPSA) is 88.4 Å². The first-order valence-electron chi connectivity index (χ1n) is 9.84. The molecule has 3 rings (SSSR count). The molecule has 0 atom stereocenters. The lowest BCUT2D eigenvalue weighted by atomic mass is 9.49. The number of imidazole rings is 1. The Kier molecular flexibility index (Phi) is 7.09. The molecule has 0 fully saturated rings. The Morgan fingerprint density at radius 1 is 1.28 bits per heavy atom. The normalized spacial score (nSPS) is 12.1. The van der Waals surface area contributed by atoms with Crippen molar-refractivity contribution in [2.24, 2.45) is 0 Å². The van der Waals surface area contributed by atoms with Gasteiger partial charge in [-0.1, -0.05) is 27.5 Å². The number of hydrogen-bond acceptors (Lipinski definition) is 5. The highest BCUT2D eigenvalue weighted by atomic mass is 79.9. The molecule has 0 unspecified atom stereocenters. The largest absolute Gasteiger partial charge is 0.405 e. The van der Waals surface area contributed by atoms with Crippen molar-refractivity contribution in [3.8, 4) is 0 Å². The van der Waals surface area contributed by atoms with E-state index in [1.54, 1.807) is 28.8 Å². The molecule has 0 bridgehead atoms. The van der Waals surface area contributed by atoms with Crippen LogP contribution < -0.4 is 10.8 Å². The first-order chi connectivity index (χ1) is 14.8. The zero-order valence-electron chi connectivity index (χ0n) is 18.4. The van der Waals surface area contributed by atoms with Crippen molar-refractivity contribution in [3.05, 3.63) is 51.5 Å². The third kappa shape index (κ3) is 5.54. The summed E-state index contributed by atoms with van der Waals surface area (Å²) in [5.74, 6) is -1.38. The molecule has 1 amide bonds. The number of nitrogens with one attached hydrogen (secondary N) is 2. The Morgan fingerprint density at radius 2 is 1.97 bits per heavy atom. The molecule has 0 aliphatic carbocycles. The highest BCUT2D eigenvalue weighted by Gasteiger charge is 2.26. The maximum atomic E-state index is 15.6. The molecular weight excluding hydrogens is 497 g/mol. The molecule has 1 heterocycles. The summed E-state index contributed by atoms with van der Waals surface area (Å²) in [6.07, 6.45) is 1.54. The van der Waals surface area contributed by atoms with Crippen LogP contribution in [0.3, 0.4) is 0 Å². The van der Waals surface area contributed by atoms with Crippen LogP contribution in [0.5, 0.6) is 0 Å². The molecule has 1 aromatic heterocycles. The monoisotopic (exact) mass is 516 g/mol. The number of aromatic nitrogens is 2. The van der Waals surface area contributed by atoms with Gasteiger partial charge in [0.05, 0.1) is 40.4 Å². The summed E-state index contributed by atoms with van der Waals surface area (Å²) in [6, 6.07) is 6.61. The molecule has 0 aliphatic heterocycles. The van der Waals surface area contributed by atoms with Crippen molar-refractivity contribution in [2.75, 3.05) is 11.9 Å². The maximum Gasteiger partial charge on any atom is 0.277 e. The molecule has 7 nitrogen and oxygen atoms in total. The number of carbonyl (C=O) groups excluding carboxylic acids is 1. The molecule has 0 aliphatic rings. The zero-order valence-corrected chi connectivity index (χ0v) is 20.7. The summed E-state index contributed by atoms with van der Waals surface area (Å²) >= 11 is 9.62. The fourth-order valence-electron chi connectivity index (χ4n) is 3.01. The zero-order chi connectivity index (χ0) is 23.8. The van der Waals surface area contributed by atoms with Gasteiger partial charge in [-0.2, -0.15) is 0 Å². The van der Waals surface area contributed by atoms with Crippen molar-refractivity contribution < 1.29 is 19.1 Å². The predicted octanol–water partition coefficient (Wildman–Crippen LogP) is -1.62. The van der Waals surface area contributed by atoms with Crippen molar-refractivity contribution in [2.45, 2.75) is 10.6 Å². The fourth-order valence-corrected chi connectivity index (χ4v) is 3.73. The van der Waals surface area contributed by atoms with Crippen molar-refractivity contribution in [1.29, 1.82) is 0 Å². The molecule has 15 heteroatoms. The van der Waals surface area contributed by atoms with Crippen molar-refractivity contribution in [3.63, 3.8) is 0 Å². The van der Waals surface area contributed by atoms with Crippen LogP contribution in [0.25, 0.3) is 11.0 Å². The molecular formula is C17H20B5BrClFN4O3. The summed E-state index contributed by atoms with van der Waals surface area (Å²) < 4.78 is 18.2. The van der Waals surface area contributed by atoms with Gasteiger partial charge in [0.25, 0.3) is 5.91 Å². The minimum atomic E-state index is -1.15. The number of hydroxylamine groups is 1. The van der Waals surface area contributed by atoms with Gasteiger partial charge >= 0.3 is 0 Å². The van der Waals surface area contributed by atoms with E-state index in [0.717, 1.165) is 4.47 Å². The molecule has 3 N–H and O–H groups in total. The van der Waals surface area contributed by atoms with E-state index >= 15 is 4.39 Å². The van der Waals surface area contributed by atoms with E-state index < -0.39 is 22.4 Å². The van der Waals surface area contributed by atoms with Gasteiger partial charge in [-0.25, -0.2) is 14.9 Å². The standard InChI is InChI=1S/C17H20B5BrClFN4O3/c18-16(19,31)5-32-28-15(30)8-4-11-14(26-6-29(11)17(20,21)22)12(25)13(8)27-10-2-1-7(23)3-9(10)24/h1-4,6,27,31H,5,18-22H2,(H,28,30). The van der Waals surface area contributed by atoms with Gasteiger partial charge < -0.3 is 15.0 Å². The Balaban J connectivity index is 2.11. The quantitative estimate of drug-likeness (QED) is 0.259. The molecule has 0 radical (unpaired) electrons. The summed E-state index contributed by atoms with van der Waals surface area (Å²) in [5, 5.41) is 11.5. The fraction of sp³-hybridized carbons (Fsp3) is 0.176. The summed E-state index contributed by atoms with van der Waals surface area (Å²) in [7, 11) is 8.93. The Morgan fingerprint density at radius 3 is 2.56 bits per heavy atom. The number of nitrogens with zero attached hydrogens (tertiary/aromatic N) is 2. The maximum absolute atomic E-state index is 15.6. The van der Waals surface area contributed by atoms with Gasteiger partial charge in [-0.05, 0) is 29.5 Å².